The lowest BCUT2D eigenvalue weighted by atomic mass is 9.70. The molecule has 2 saturated carbocycles. The van der Waals surface area contributed by atoms with E-state index in [-0.39, 0.29) is 11.0 Å². The maximum Gasteiger partial charge on any atom is 0.142 e. The van der Waals surface area contributed by atoms with Crippen molar-refractivity contribution in [3.63, 3.8) is 0 Å². The molecule has 0 radical (unpaired) electrons. The zero-order valence-electron chi connectivity index (χ0n) is 9.55. The van der Waals surface area contributed by atoms with Crippen molar-refractivity contribution < 1.29 is 9.53 Å². The summed E-state index contributed by atoms with van der Waals surface area (Å²) in [5.41, 5.74) is 0.191. The zero-order valence-corrected chi connectivity index (χ0v) is 9.55. The third kappa shape index (κ3) is 1.54. The quantitative estimate of drug-likeness (QED) is 0.697. The molecule has 1 aliphatic heterocycles. The Balaban J connectivity index is 1.68. The van der Waals surface area contributed by atoms with Gasteiger partial charge in [0, 0.05) is 17.9 Å². The number of rotatable bonds is 2. The van der Waals surface area contributed by atoms with Gasteiger partial charge in [-0.05, 0) is 44.9 Å². The number of hydrogen-bond acceptors (Lipinski definition) is 2. The second kappa shape index (κ2) is 3.07. The van der Waals surface area contributed by atoms with Crippen molar-refractivity contribution in [3.05, 3.63) is 0 Å². The molecule has 1 saturated heterocycles. The third-order valence-corrected chi connectivity index (χ3v) is 4.72. The van der Waals surface area contributed by atoms with Gasteiger partial charge in [-0.25, -0.2) is 0 Å². The summed E-state index contributed by atoms with van der Waals surface area (Å²) in [6.45, 7) is 2.95. The minimum absolute atomic E-state index is 0.0624. The Kier molecular flexibility index (Phi) is 2.01. The van der Waals surface area contributed by atoms with Gasteiger partial charge in [0.25, 0.3) is 0 Å². The molecule has 0 aromatic rings. The lowest BCUT2D eigenvalue weighted by molar-refractivity contribution is -0.158. The molecule has 3 fully saturated rings. The Morgan fingerprint density at radius 2 is 2.00 bits per heavy atom. The predicted octanol–water partition coefficient (Wildman–Crippen LogP) is 2.70. The molecule has 84 valence electrons. The van der Waals surface area contributed by atoms with Crippen molar-refractivity contribution in [1.82, 2.24) is 0 Å². The van der Waals surface area contributed by atoms with Crippen LogP contribution in [0.1, 0.15) is 51.9 Å². The second-order valence-corrected chi connectivity index (χ2v) is 6.00. The van der Waals surface area contributed by atoms with Crippen LogP contribution in [-0.4, -0.2) is 18.0 Å². The van der Waals surface area contributed by atoms with Gasteiger partial charge in [-0.2, -0.15) is 0 Å². The van der Waals surface area contributed by atoms with E-state index in [4.69, 9.17) is 4.74 Å². The highest BCUT2D eigenvalue weighted by molar-refractivity contribution is 5.89. The van der Waals surface area contributed by atoms with Crippen LogP contribution < -0.4 is 0 Å². The average Bonchev–Trinajstić information content (AvgIpc) is 2.95. The number of ether oxygens (including phenoxy) is 1. The first-order chi connectivity index (χ1) is 7.14. The topological polar surface area (TPSA) is 26.3 Å². The first-order valence-electron chi connectivity index (χ1n) is 6.32. The second-order valence-electron chi connectivity index (χ2n) is 6.00. The van der Waals surface area contributed by atoms with Crippen LogP contribution in [0.4, 0.5) is 0 Å². The molecule has 1 unspecified atom stereocenters. The Labute approximate surface area is 91.4 Å². The summed E-state index contributed by atoms with van der Waals surface area (Å²) in [6.07, 6.45) is 7.89. The fourth-order valence-electron chi connectivity index (χ4n) is 3.10. The number of hydrogen-bond donors (Lipinski definition) is 0. The van der Waals surface area contributed by atoms with E-state index in [1.54, 1.807) is 0 Å². The number of carbonyl (C=O) groups is 1. The standard InChI is InChI=1S/C13H20O2/c1-12(6-7-12)11(14)10-3-8-15-13(9-10)4-2-5-13/h10H,2-9H2,1H3. The summed E-state index contributed by atoms with van der Waals surface area (Å²) in [5, 5.41) is 0. The van der Waals surface area contributed by atoms with Crippen LogP contribution >= 0.6 is 0 Å². The summed E-state index contributed by atoms with van der Waals surface area (Å²) in [7, 11) is 0. The van der Waals surface area contributed by atoms with E-state index < -0.39 is 0 Å². The summed E-state index contributed by atoms with van der Waals surface area (Å²) >= 11 is 0. The number of Topliss-reactive ketones (excluding diaryl/α,β-unsaturated/α-hetero) is 1. The van der Waals surface area contributed by atoms with Crippen LogP contribution in [0.3, 0.4) is 0 Å². The maximum absolute atomic E-state index is 12.3. The zero-order chi connectivity index (χ0) is 10.5. The Hall–Kier alpha value is -0.370. The van der Waals surface area contributed by atoms with E-state index in [1.165, 1.54) is 19.3 Å². The molecule has 2 heteroatoms. The van der Waals surface area contributed by atoms with Crippen molar-refractivity contribution >= 4 is 5.78 Å². The van der Waals surface area contributed by atoms with Crippen molar-refractivity contribution in [2.24, 2.45) is 11.3 Å². The average molecular weight is 208 g/mol. The Morgan fingerprint density at radius 3 is 2.53 bits per heavy atom. The van der Waals surface area contributed by atoms with Gasteiger partial charge in [-0.1, -0.05) is 6.92 Å². The van der Waals surface area contributed by atoms with E-state index in [0.29, 0.717) is 11.7 Å². The molecule has 0 aromatic carbocycles. The molecular weight excluding hydrogens is 188 g/mol. The van der Waals surface area contributed by atoms with Crippen LogP contribution in [0.2, 0.25) is 0 Å². The van der Waals surface area contributed by atoms with Gasteiger partial charge < -0.3 is 4.74 Å². The SMILES string of the molecule is CC1(C(=O)C2CCOC3(CCC3)C2)CC1. The molecule has 3 rings (SSSR count). The van der Waals surface area contributed by atoms with Crippen LogP contribution in [0, 0.1) is 11.3 Å². The molecule has 0 amide bonds. The molecular formula is C13H20O2. The molecule has 3 aliphatic rings. The Bertz CT molecular complexity index is 287. The van der Waals surface area contributed by atoms with Crippen molar-refractivity contribution in [2.75, 3.05) is 6.61 Å². The molecule has 0 aromatic heterocycles. The van der Waals surface area contributed by atoms with Crippen LogP contribution in [-0.2, 0) is 9.53 Å². The molecule has 1 heterocycles. The minimum atomic E-state index is 0.0624. The van der Waals surface area contributed by atoms with E-state index >= 15 is 0 Å². The van der Waals surface area contributed by atoms with Gasteiger partial charge >= 0.3 is 0 Å². The summed E-state index contributed by atoms with van der Waals surface area (Å²) in [5.74, 6) is 0.851. The summed E-state index contributed by atoms with van der Waals surface area (Å²) in [4.78, 5) is 12.3. The molecule has 0 N–H and O–H groups in total. The van der Waals surface area contributed by atoms with E-state index in [9.17, 15) is 4.79 Å². The molecule has 2 nitrogen and oxygen atoms in total. The fraction of sp³-hybridized carbons (Fsp3) is 0.923. The van der Waals surface area contributed by atoms with Gasteiger partial charge in [-0.15, -0.1) is 0 Å². The van der Waals surface area contributed by atoms with E-state index in [2.05, 4.69) is 6.92 Å². The van der Waals surface area contributed by atoms with Gasteiger partial charge in [-0.3, -0.25) is 4.79 Å². The number of carbonyl (C=O) groups excluding carboxylic acids is 1. The first kappa shape index (κ1) is 9.83. The summed E-state index contributed by atoms with van der Waals surface area (Å²) < 4.78 is 5.86. The van der Waals surface area contributed by atoms with Crippen molar-refractivity contribution in [2.45, 2.75) is 57.5 Å². The van der Waals surface area contributed by atoms with Crippen molar-refractivity contribution in [3.8, 4) is 0 Å². The molecule has 0 bridgehead atoms. The fourth-order valence-corrected chi connectivity index (χ4v) is 3.10. The molecule has 2 aliphatic carbocycles. The monoisotopic (exact) mass is 208 g/mol. The van der Waals surface area contributed by atoms with E-state index in [1.807, 2.05) is 0 Å². The van der Waals surface area contributed by atoms with Gasteiger partial charge in [0.1, 0.15) is 5.78 Å². The highest BCUT2D eigenvalue weighted by Crippen LogP contribution is 2.51. The van der Waals surface area contributed by atoms with Gasteiger partial charge in [0.05, 0.1) is 5.60 Å². The van der Waals surface area contributed by atoms with Gasteiger partial charge in [0.2, 0.25) is 0 Å². The van der Waals surface area contributed by atoms with Crippen LogP contribution in [0.5, 0.6) is 0 Å². The molecule has 1 atom stereocenters. The lowest BCUT2D eigenvalue weighted by Gasteiger charge is -2.47. The van der Waals surface area contributed by atoms with Crippen molar-refractivity contribution in [1.29, 1.82) is 0 Å². The normalized spacial score (nSPS) is 35.9. The first-order valence-corrected chi connectivity index (χ1v) is 6.32. The smallest absolute Gasteiger partial charge is 0.142 e. The highest BCUT2D eigenvalue weighted by atomic mass is 16.5. The summed E-state index contributed by atoms with van der Waals surface area (Å²) in [6, 6.07) is 0. The molecule has 1 spiro atoms. The van der Waals surface area contributed by atoms with E-state index in [0.717, 1.165) is 32.3 Å². The Morgan fingerprint density at radius 1 is 1.27 bits per heavy atom. The van der Waals surface area contributed by atoms with Gasteiger partial charge in [0.15, 0.2) is 0 Å². The van der Waals surface area contributed by atoms with Crippen LogP contribution in [0.25, 0.3) is 0 Å². The largest absolute Gasteiger partial charge is 0.375 e. The highest BCUT2D eigenvalue weighted by Gasteiger charge is 2.51. The minimum Gasteiger partial charge on any atom is -0.375 e. The number of ketones is 1. The lowest BCUT2D eigenvalue weighted by Crippen LogP contribution is -2.47. The van der Waals surface area contributed by atoms with Crippen LogP contribution in [0.15, 0.2) is 0 Å². The third-order valence-electron chi connectivity index (χ3n) is 4.72. The maximum atomic E-state index is 12.3. The molecule has 15 heavy (non-hydrogen) atoms. The predicted molar refractivity (Wildman–Crippen MR) is 57.6 cm³/mol.